The lowest BCUT2D eigenvalue weighted by Crippen LogP contribution is -1.96. The molecule has 0 unspecified atom stereocenters. The van der Waals surface area contributed by atoms with E-state index in [4.69, 9.17) is 19.1 Å². The zero-order chi connectivity index (χ0) is 15.6. The maximum atomic E-state index is 13.9. The van der Waals surface area contributed by atoms with Gasteiger partial charge in [-0.2, -0.15) is 0 Å². The van der Waals surface area contributed by atoms with Gasteiger partial charge in [0.15, 0.2) is 11.6 Å². The predicted octanol–water partition coefficient (Wildman–Crippen LogP) is 5.23. The fourth-order valence-corrected chi connectivity index (χ4v) is 2.13. The van der Waals surface area contributed by atoms with Crippen LogP contribution < -0.4 is 4.74 Å². The molecule has 0 spiro atoms. The molecular formula is C15H13BrClFO. The molecule has 19 heavy (non-hydrogen) atoms. The van der Waals surface area contributed by atoms with Crippen LogP contribution in [0.15, 0.2) is 40.9 Å². The number of benzene rings is 2. The summed E-state index contributed by atoms with van der Waals surface area (Å²) in [7, 11) is 0. The van der Waals surface area contributed by atoms with Gasteiger partial charge in [0.05, 0.1) is 6.61 Å². The summed E-state index contributed by atoms with van der Waals surface area (Å²) in [5.41, 5.74) is 0.463. The normalized spacial score (nSPS) is 12.8. The van der Waals surface area contributed by atoms with Crippen LogP contribution >= 0.6 is 27.5 Å². The molecule has 0 amide bonds. The Morgan fingerprint density at radius 3 is 2.79 bits per heavy atom. The molecule has 0 aliphatic carbocycles. The Morgan fingerprint density at radius 1 is 1.32 bits per heavy atom. The van der Waals surface area contributed by atoms with Crippen molar-refractivity contribution in [2.75, 3.05) is 6.61 Å². The summed E-state index contributed by atoms with van der Waals surface area (Å²) in [6.45, 7) is 2.11. The summed E-state index contributed by atoms with van der Waals surface area (Å²) in [5, 5.41) is 0.289. The lowest BCUT2D eigenvalue weighted by Gasteiger charge is -2.08. The fraction of sp³-hybridized carbons (Fsp3) is 0.200. The molecule has 0 N–H and O–H groups in total. The van der Waals surface area contributed by atoms with E-state index in [0.717, 1.165) is 6.07 Å². The van der Waals surface area contributed by atoms with Crippen molar-refractivity contribution in [3.05, 3.63) is 62.8 Å². The highest BCUT2D eigenvalue weighted by molar-refractivity contribution is 9.10. The van der Waals surface area contributed by atoms with Gasteiger partial charge in [-0.05, 0) is 54.8 Å². The van der Waals surface area contributed by atoms with Gasteiger partial charge in [0, 0.05) is 12.2 Å². The average molecular weight is 346 g/mol. The largest absolute Gasteiger partial charge is 0.491 e. The molecule has 0 aliphatic heterocycles. The molecule has 0 aliphatic rings. The summed E-state index contributed by atoms with van der Waals surface area (Å²) >= 11 is 9.36. The van der Waals surface area contributed by atoms with Crippen LogP contribution in [0.1, 0.15) is 20.8 Å². The average Bonchev–Trinajstić information content (AvgIpc) is 2.43. The van der Waals surface area contributed by atoms with Crippen molar-refractivity contribution < 1.29 is 11.9 Å². The monoisotopic (exact) mass is 344 g/mol. The van der Waals surface area contributed by atoms with Gasteiger partial charge in [-0.1, -0.05) is 33.6 Å². The van der Waals surface area contributed by atoms with Crippen LogP contribution in [0, 0.1) is 5.82 Å². The number of hydrogen-bond donors (Lipinski definition) is 0. The fourth-order valence-electron chi connectivity index (χ4n) is 1.60. The topological polar surface area (TPSA) is 9.23 Å². The maximum Gasteiger partial charge on any atom is 0.165 e. The van der Waals surface area contributed by atoms with Crippen molar-refractivity contribution in [2.24, 2.45) is 0 Å². The summed E-state index contributed by atoms with van der Waals surface area (Å²) in [6.07, 6.45) is -1.91. The first-order valence-electron chi connectivity index (χ1n) is 6.74. The zero-order valence-electron chi connectivity index (χ0n) is 12.2. The third-order valence-electron chi connectivity index (χ3n) is 2.44. The molecule has 0 fully saturated rings. The molecule has 4 heteroatoms. The molecule has 0 saturated carbocycles. The predicted molar refractivity (Wildman–Crippen MR) is 79.5 cm³/mol. The van der Waals surface area contributed by atoms with Gasteiger partial charge >= 0.3 is 0 Å². The molecule has 2 aromatic carbocycles. The highest BCUT2D eigenvalue weighted by atomic mass is 79.9. The Labute approximate surface area is 128 Å². The maximum absolute atomic E-state index is 13.9. The third-order valence-corrected chi connectivity index (χ3v) is 3.26. The van der Waals surface area contributed by atoms with Crippen LogP contribution in [0.3, 0.4) is 0 Å². The molecule has 1 nitrogen and oxygen atoms in total. The summed E-state index contributed by atoms with van der Waals surface area (Å²) < 4.78 is 36.3. The van der Waals surface area contributed by atoms with Gasteiger partial charge in [-0.3, -0.25) is 0 Å². The second-order valence-corrected chi connectivity index (χ2v) is 5.15. The Bertz CT molecular complexity index is 664. The zero-order valence-corrected chi connectivity index (χ0v) is 12.6. The van der Waals surface area contributed by atoms with E-state index in [1.165, 1.54) is 12.1 Å². The van der Waals surface area contributed by atoms with E-state index >= 15 is 0 Å². The van der Waals surface area contributed by atoms with Crippen molar-refractivity contribution in [1.29, 1.82) is 0 Å². The molecule has 0 heterocycles. The molecular weight excluding hydrogens is 331 g/mol. The molecule has 2 rings (SSSR count). The van der Waals surface area contributed by atoms with Crippen LogP contribution in [0.4, 0.5) is 4.39 Å². The highest BCUT2D eigenvalue weighted by Gasteiger charge is 2.07. The number of halogens is 3. The Kier molecular flexibility index (Phi) is 3.95. The second-order valence-electron chi connectivity index (χ2n) is 3.83. The van der Waals surface area contributed by atoms with Gasteiger partial charge in [0.1, 0.15) is 0 Å². The standard InChI is InChI=1S/C15H13BrClFO/c1-2-19-15-6-3-10(8-14(15)18)7-11-9-12(16)4-5-13(11)17/h3-6,8-9H,2,7H2,1H3/i7D2. The van der Waals surface area contributed by atoms with Crippen molar-refractivity contribution in [3.8, 4) is 5.75 Å². The van der Waals surface area contributed by atoms with E-state index in [1.807, 2.05) is 0 Å². The van der Waals surface area contributed by atoms with Crippen molar-refractivity contribution in [1.82, 2.24) is 0 Å². The minimum atomic E-state index is -1.91. The Balaban J connectivity index is 2.48. The summed E-state index contributed by atoms with van der Waals surface area (Å²) in [5.74, 6) is -0.485. The molecule has 2 aromatic rings. The first kappa shape index (κ1) is 11.7. The number of rotatable bonds is 4. The first-order valence-corrected chi connectivity index (χ1v) is 6.91. The summed E-state index contributed by atoms with van der Waals surface area (Å²) in [6, 6.07) is 8.99. The van der Waals surface area contributed by atoms with Crippen LogP contribution in [0.25, 0.3) is 0 Å². The minimum absolute atomic E-state index is 0.109. The van der Waals surface area contributed by atoms with E-state index in [0.29, 0.717) is 11.1 Å². The number of hydrogen-bond acceptors (Lipinski definition) is 1. The van der Waals surface area contributed by atoms with Gasteiger partial charge in [-0.15, -0.1) is 0 Å². The molecule has 100 valence electrons. The van der Waals surface area contributed by atoms with Crippen LogP contribution in [-0.4, -0.2) is 6.61 Å². The van der Waals surface area contributed by atoms with Gasteiger partial charge < -0.3 is 4.74 Å². The molecule has 0 saturated heterocycles. The quantitative estimate of drug-likeness (QED) is 0.737. The summed E-state index contributed by atoms with van der Waals surface area (Å²) in [4.78, 5) is 0. The van der Waals surface area contributed by atoms with Crippen LogP contribution in [0.2, 0.25) is 5.02 Å². The van der Waals surface area contributed by atoms with E-state index in [2.05, 4.69) is 15.9 Å². The molecule has 0 radical (unpaired) electrons. The van der Waals surface area contributed by atoms with Crippen molar-refractivity contribution in [2.45, 2.75) is 13.3 Å². The van der Waals surface area contributed by atoms with Crippen LogP contribution in [0.5, 0.6) is 5.75 Å². The van der Waals surface area contributed by atoms with Gasteiger partial charge in [0.25, 0.3) is 0 Å². The van der Waals surface area contributed by atoms with E-state index in [1.54, 1.807) is 25.1 Å². The van der Waals surface area contributed by atoms with Gasteiger partial charge in [0.2, 0.25) is 0 Å². The Morgan fingerprint density at radius 2 is 2.11 bits per heavy atom. The highest BCUT2D eigenvalue weighted by Crippen LogP contribution is 2.25. The van der Waals surface area contributed by atoms with Crippen molar-refractivity contribution in [3.63, 3.8) is 0 Å². The van der Waals surface area contributed by atoms with E-state index in [9.17, 15) is 4.39 Å². The van der Waals surface area contributed by atoms with Crippen molar-refractivity contribution >= 4 is 27.5 Å². The third kappa shape index (κ3) is 3.71. The molecule has 0 aromatic heterocycles. The van der Waals surface area contributed by atoms with Gasteiger partial charge in [-0.25, -0.2) is 4.39 Å². The lowest BCUT2D eigenvalue weighted by atomic mass is 10.0. The van der Waals surface area contributed by atoms with E-state index in [-0.39, 0.29) is 21.9 Å². The SMILES string of the molecule is [2H]C([2H])(c1ccc(OCC)c(F)c1)c1cc(Br)ccc1Cl. The smallest absolute Gasteiger partial charge is 0.165 e. The number of ether oxygens (including phenoxy) is 1. The Hall–Kier alpha value is -1.06. The lowest BCUT2D eigenvalue weighted by molar-refractivity contribution is 0.321. The van der Waals surface area contributed by atoms with Crippen LogP contribution in [-0.2, 0) is 6.37 Å². The minimum Gasteiger partial charge on any atom is -0.491 e. The molecule has 0 atom stereocenters. The second kappa shape index (κ2) is 6.40. The molecule has 0 bridgehead atoms. The first-order chi connectivity index (χ1) is 9.86. The van der Waals surface area contributed by atoms with E-state index < -0.39 is 12.2 Å².